The van der Waals surface area contributed by atoms with Crippen molar-refractivity contribution in [1.82, 2.24) is 14.8 Å². The highest BCUT2D eigenvalue weighted by molar-refractivity contribution is 14.1. The molecule has 0 amide bonds. The zero-order valence-corrected chi connectivity index (χ0v) is 19.3. The van der Waals surface area contributed by atoms with Crippen LogP contribution in [0.5, 0.6) is 5.75 Å². The average molecular weight is 542 g/mol. The molecule has 6 nitrogen and oxygen atoms in total. The smallest absolute Gasteiger partial charge is 0.342 e. The Morgan fingerprint density at radius 2 is 2.00 bits per heavy atom. The van der Waals surface area contributed by atoms with E-state index in [4.69, 9.17) is 16.3 Å². The minimum Gasteiger partial charge on any atom is -0.496 e. The summed E-state index contributed by atoms with van der Waals surface area (Å²) in [6, 6.07) is 12.8. The van der Waals surface area contributed by atoms with Crippen LogP contribution in [-0.2, 0) is 11.3 Å². The molecule has 3 rings (SSSR count). The number of methoxy groups -OCH3 is 1. The minimum atomic E-state index is -1.03. The van der Waals surface area contributed by atoms with E-state index < -0.39 is 5.97 Å². The van der Waals surface area contributed by atoms with Crippen LogP contribution in [0.25, 0.3) is 17.5 Å². The maximum absolute atomic E-state index is 11.8. The summed E-state index contributed by atoms with van der Waals surface area (Å²) in [6.07, 6.45) is 1.62. The first-order chi connectivity index (χ1) is 13.9. The molecule has 0 spiro atoms. The van der Waals surface area contributed by atoms with Crippen LogP contribution in [0.2, 0.25) is 5.02 Å². The molecule has 0 aliphatic rings. The number of ether oxygens (including phenoxy) is 1. The maximum atomic E-state index is 11.8. The van der Waals surface area contributed by atoms with Crippen molar-refractivity contribution in [2.24, 2.45) is 0 Å². The van der Waals surface area contributed by atoms with Crippen LogP contribution in [-0.4, -0.2) is 33.0 Å². The van der Waals surface area contributed by atoms with Crippen molar-refractivity contribution >= 4 is 58.0 Å². The van der Waals surface area contributed by atoms with E-state index in [2.05, 4.69) is 32.8 Å². The molecule has 29 heavy (non-hydrogen) atoms. The highest BCUT2D eigenvalue weighted by atomic mass is 127. The molecule has 0 saturated heterocycles. The van der Waals surface area contributed by atoms with E-state index in [9.17, 15) is 9.90 Å². The molecule has 0 radical (unpaired) electrons. The molecule has 0 fully saturated rings. The number of nitrogens with zero attached hydrogens (tertiary/aromatic N) is 3. The predicted molar refractivity (Wildman–Crippen MR) is 123 cm³/mol. The Balaban J connectivity index is 1.94. The Hall–Kier alpha value is -2.04. The Kier molecular flexibility index (Phi) is 7.20. The molecule has 1 N–H and O–H groups in total. The molecule has 0 aliphatic heterocycles. The first-order valence-electron chi connectivity index (χ1n) is 8.58. The van der Waals surface area contributed by atoms with Gasteiger partial charge in [-0.15, -0.1) is 10.2 Å². The summed E-state index contributed by atoms with van der Waals surface area (Å²) < 4.78 is 8.03. The fraction of sp³-hybridized carbons (Fsp3) is 0.150. The fourth-order valence-corrected chi connectivity index (χ4v) is 4.39. The van der Waals surface area contributed by atoms with Gasteiger partial charge in [-0.1, -0.05) is 17.7 Å². The number of hydrogen-bond acceptors (Lipinski definition) is 5. The van der Waals surface area contributed by atoms with Crippen molar-refractivity contribution in [3.63, 3.8) is 0 Å². The van der Waals surface area contributed by atoms with Crippen LogP contribution >= 0.6 is 46.0 Å². The van der Waals surface area contributed by atoms with Gasteiger partial charge in [0, 0.05) is 17.1 Å². The van der Waals surface area contributed by atoms with Crippen LogP contribution in [0.1, 0.15) is 12.5 Å². The van der Waals surface area contributed by atoms with E-state index in [0.29, 0.717) is 22.5 Å². The zero-order valence-electron chi connectivity index (χ0n) is 15.6. The van der Waals surface area contributed by atoms with Gasteiger partial charge < -0.3 is 14.4 Å². The molecule has 0 unspecified atom stereocenters. The van der Waals surface area contributed by atoms with Gasteiger partial charge in [-0.25, -0.2) is 4.79 Å². The Bertz CT molecular complexity index is 1070. The van der Waals surface area contributed by atoms with E-state index in [0.717, 1.165) is 32.2 Å². The number of carbonyl (C=O) groups is 1. The summed E-state index contributed by atoms with van der Waals surface area (Å²) >= 11 is 9.18. The molecule has 2 aromatic carbocycles. The van der Waals surface area contributed by atoms with Crippen molar-refractivity contribution in [3.05, 3.63) is 61.5 Å². The highest BCUT2D eigenvalue weighted by Gasteiger charge is 2.18. The van der Waals surface area contributed by atoms with Crippen LogP contribution in [0.15, 0.2) is 52.5 Å². The predicted octanol–water partition coefficient (Wildman–Crippen LogP) is 5.45. The Morgan fingerprint density at radius 3 is 2.59 bits per heavy atom. The highest BCUT2D eigenvalue weighted by Crippen LogP contribution is 2.31. The molecule has 3 aromatic rings. The van der Waals surface area contributed by atoms with Crippen LogP contribution in [0.4, 0.5) is 0 Å². The van der Waals surface area contributed by atoms with Crippen molar-refractivity contribution in [3.8, 4) is 17.1 Å². The second-order valence-corrected chi connectivity index (χ2v) is 8.47. The third-order valence-electron chi connectivity index (χ3n) is 4.02. The number of carboxylic acids is 1. The number of halogens is 2. The molecule has 9 heteroatoms. The lowest BCUT2D eigenvalue weighted by molar-refractivity contribution is -0.131. The third-order valence-corrected chi connectivity index (χ3v) is 6.11. The summed E-state index contributed by atoms with van der Waals surface area (Å²) in [5, 5.41) is 19.3. The number of thioether (sulfide) groups is 1. The largest absolute Gasteiger partial charge is 0.496 e. The monoisotopic (exact) mass is 541 g/mol. The van der Waals surface area contributed by atoms with Gasteiger partial charge in [0.2, 0.25) is 0 Å². The Labute approximate surface area is 191 Å². The molecule has 1 heterocycles. The van der Waals surface area contributed by atoms with E-state index >= 15 is 0 Å². The van der Waals surface area contributed by atoms with Gasteiger partial charge in [0.15, 0.2) is 11.0 Å². The lowest BCUT2D eigenvalue weighted by atomic mass is 10.2. The van der Waals surface area contributed by atoms with Crippen LogP contribution in [0, 0.1) is 3.57 Å². The number of hydrogen-bond donors (Lipinski definition) is 1. The first-order valence-corrected chi connectivity index (χ1v) is 10.9. The lowest BCUT2D eigenvalue weighted by Gasteiger charge is -2.08. The van der Waals surface area contributed by atoms with Crippen molar-refractivity contribution < 1.29 is 14.6 Å². The number of aromatic nitrogens is 3. The quantitative estimate of drug-likeness (QED) is 0.244. The van der Waals surface area contributed by atoms with Gasteiger partial charge in [0.1, 0.15) is 10.7 Å². The van der Waals surface area contributed by atoms with Gasteiger partial charge >= 0.3 is 5.97 Å². The standard InChI is InChI=1S/C20H17ClIN3O3S/c1-3-25-18(13-5-7-14(21)8-6-13)23-24-20(25)29-17(19(26)27)11-12-4-9-16(28-2)15(22)10-12/h4-11H,3H2,1-2H3,(H,26,27)/b17-11-. The van der Waals surface area contributed by atoms with E-state index in [1.165, 1.54) is 0 Å². The van der Waals surface area contributed by atoms with Crippen molar-refractivity contribution in [2.45, 2.75) is 18.6 Å². The Morgan fingerprint density at radius 1 is 1.28 bits per heavy atom. The average Bonchev–Trinajstić information content (AvgIpc) is 3.10. The molecule has 0 aliphatic carbocycles. The summed E-state index contributed by atoms with van der Waals surface area (Å²) in [6.45, 7) is 2.56. The van der Waals surface area contributed by atoms with Gasteiger partial charge in [-0.2, -0.15) is 0 Å². The summed E-state index contributed by atoms with van der Waals surface area (Å²) in [4.78, 5) is 12.0. The number of benzene rings is 2. The van der Waals surface area contributed by atoms with Gasteiger partial charge in [0.05, 0.1) is 10.7 Å². The minimum absolute atomic E-state index is 0.149. The topological polar surface area (TPSA) is 77.2 Å². The second kappa shape index (κ2) is 9.64. The summed E-state index contributed by atoms with van der Waals surface area (Å²) in [5.41, 5.74) is 1.63. The molecular formula is C20H17ClIN3O3S. The van der Waals surface area contributed by atoms with Gasteiger partial charge in [-0.3, -0.25) is 0 Å². The third kappa shape index (κ3) is 5.12. The molecule has 1 aromatic heterocycles. The van der Waals surface area contributed by atoms with Crippen molar-refractivity contribution in [2.75, 3.05) is 7.11 Å². The van der Waals surface area contributed by atoms with Crippen LogP contribution < -0.4 is 4.74 Å². The maximum Gasteiger partial charge on any atom is 0.342 e. The summed E-state index contributed by atoms with van der Waals surface area (Å²) in [5.74, 6) is 0.375. The molecule has 0 bridgehead atoms. The molecule has 0 saturated carbocycles. The fourth-order valence-electron chi connectivity index (χ4n) is 2.62. The normalized spacial score (nSPS) is 11.5. The second-order valence-electron chi connectivity index (χ2n) is 5.87. The molecule has 0 atom stereocenters. The number of rotatable bonds is 7. The zero-order chi connectivity index (χ0) is 21.0. The first kappa shape index (κ1) is 21.7. The van der Waals surface area contributed by atoms with E-state index in [1.807, 2.05) is 41.8 Å². The van der Waals surface area contributed by atoms with E-state index in [1.54, 1.807) is 25.3 Å². The van der Waals surface area contributed by atoms with Crippen molar-refractivity contribution in [1.29, 1.82) is 0 Å². The molecular weight excluding hydrogens is 525 g/mol. The SMILES string of the molecule is CCn1c(S/C(=C\c2ccc(OC)c(I)c2)C(=O)O)nnc1-c1ccc(Cl)cc1. The number of aliphatic carboxylic acids is 1. The number of carboxylic acid groups (broad SMARTS) is 1. The van der Waals surface area contributed by atoms with Crippen LogP contribution in [0.3, 0.4) is 0 Å². The molecule has 150 valence electrons. The van der Waals surface area contributed by atoms with Gasteiger partial charge in [-0.05, 0) is 89.3 Å². The van der Waals surface area contributed by atoms with Gasteiger partial charge in [0.25, 0.3) is 0 Å². The summed E-state index contributed by atoms with van der Waals surface area (Å²) in [7, 11) is 1.60. The lowest BCUT2D eigenvalue weighted by Crippen LogP contribution is -2.02. The van der Waals surface area contributed by atoms with E-state index in [-0.39, 0.29) is 4.91 Å².